The topological polar surface area (TPSA) is 32.8 Å². The van der Waals surface area contributed by atoms with Gasteiger partial charge in [0.2, 0.25) is 0 Å². The molecule has 4 nitrogen and oxygen atoms in total. The van der Waals surface area contributed by atoms with E-state index in [4.69, 9.17) is 8.83 Å². The predicted octanol–water partition coefficient (Wildman–Crippen LogP) is 22.2. The lowest BCUT2D eigenvalue weighted by Crippen LogP contribution is -2.14. The number of aryl methyl sites for hydroxylation is 4. The summed E-state index contributed by atoms with van der Waals surface area (Å²) in [7, 11) is 0. The summed E-state index contributed by atoms with van der Waals surface area (Å²) in [6.45, 7) is 8.92. The quantitative estimate of drug-likeness (QED) is 0.142. The number of para-hydroxylation sites is 4. The van der Waals surface area contributed by atoms with Gasteiger partial charge in [-0.05, 0) is 141 Å². The third kappa shape index (κ3) is 6.75. The fourth-order valence-corrected chi connectivity index (χ4v) is 13.5. The van der Waals surface area contributed by atoms with Crippen LogP contribution >= 0.6 is 0 Å². The molecule has 378 valence electrons. The Labute approximate surface area is 462 Å². The minimum Gasteiger partial charge on any atom is -0.453 e. The average molecular weight is 1030 g/mol. The third-order valence-corrected chi connectivity index (χ3v) is 17.0. The molecule has 14 aromatic carbocycles. The third-order valence-electron chi connectivity index (χ3n) is 17.0. The molecule has 0 N–H and O–H groups in total. The van der Waals surface area contributed by atoms with Crippen LogP contribution in [0, 0.1) is 27.7 Å². The molecule has 0 saturated heterocycles. The first-order chi connectivity index (χ1) is 39.4. The molecular formula is C76H52N2O2. The maximum Gasteiger partial charge on any atom is 0.159 e. The number of hydrogen-bond acceptors (Lipinski definition) is 4. The Morgan fingerprint density at radius 1 is 0.250 bits per heavy atom. The largest absolute Gasteiger partial charge is 0.453 e. The molecule has 2 heterocycles. The van der Waals surface area contributed by atoms with Gasteiger partial charge in [-0.3, -0.25) is 0 Å². The number of rotatable bonds is 8. The van der Waals surface area contributed by atoms with Gasteiger partial charge in [-0.2, -0.15) is 0 Å². The van der Waals surface area contributed by atoms with Crippen molar-refractivity contribution in [2.24, 2.45) is 0 Å². The molecule has 0 unspecified atom stereocenters. The van der Waals surface area contributed by atoms with Crippen molar-refractivity contribution in [3.8, 4) is 22.3 Å². The number of furan rings is 2. The van der Waals surface area contributed by atoms with E-state index in [0.29, 0.717) is 0 Å². The van der Waals surface area contributed by atoms with E-state index < -0.39 is 0 Å². The Morgan fingerprint density at radius 2 is 0.613 bits per heavy atom. The van der Waals surface area contributed by atoms with Crippen molar-refractivity contribution >= 4 is 132 Å². The van der Waals surface area contributed by atoms with E-state index in [-0.39, 0.29) is 0 Å². The molecule has 16 aromatic rings. The molecule has 0 radical (unpaired) electrons. The van der Waals surface area contributed by atoms with Gasteiger partial charge in [-0.25, -0.2) is 0 Å². The molecule has 0 bridgehead atoms. The zero-order valence-corrected chi connectivity index (χ0v) is 44.8. The summed E-state index contributed by atoms with van der Waals surface area (Å²) in [5, 5.41) is 16.2. The number of benzene rings is 14. The zero-order valence-electron chi connectivity index (χ0n) is 44.8. The van der Waals surface area contributed by atoms with Crippen LogP contribution in [-0.4, -0.2) is 0 Å². The summed E-state index contributed by atoms with van der Waals surface area (Å²) >= 11 is 0. The van der Waals surface area contributed by atoms with Crippen molar-refractivity contribution in [1.29, 1.82) is 0 Å². The van der Waals surface area contributed by atoms with Gasteiger partial charge >= 0.3 is 0 Å². The minimum atomic E-state index is 0.847. The summed E-state index contributed by atoms with van der Waals surface area (Å²) < 4.78 is 14.8. The molecule has 0 aliphatic heterocycles. The second-order valence-corrected chi connectivity index (χ2v) is 21.7. The van der Waals surface area contributed by atoms with E-state index in [1.165, 1.54) is 65.3 Å². The van der Waals surface area contributed by atoms with Crippen LogP contribution in [0.25, 0.3) is 120 Å². The van der Waals surface area contributed by atoms with E-state index in [1.54, 1.807) is 0 Å². The number of nitrogens with zero attached hydrogens (tertiary/aromatic N) is 2. The molecular weight excluding hydrogens is 973 g/mol. The first-order valence-electron chi connectivity index (χ1n) is 27.7. The van der Waals surface area contributed by atoms with Crippen molar-refractivity contribution in [2.75, 3.05) is 9.80 Å². The van der Waals surface area contributed by atoms with Crippen LogP contribution in [-0.2, 0) is 0 Å². The van der Waals surface area contributed by atoms with Crippen LogP contribution in [0.1, 0.15) is 22.3 Å². The van der Waals surface area contributed by atoms with Gasteiger partial charge in [0, 0.05) is 43.4 Å². The highest BCUT2D eigenvalue weighted by Crippen LogP contribution is 2.53. The van der Waals surface area contributed by atoms with Gasteiger partial charge in [-0.15, -0.1) is 0 Å². The van der Waals surface area contributed by atoms with Crippen LogP contribution in [0.5, 0.6) is 0 Å². The first-order valence-corrected chi connectivity index (χ1v) is 27.7. The maximum absolute atomic E-state index is 7.40. The average Bonchev–Trinajstić information content (AvgIpc) is 4.16. The molecule has 0 aliphatic carbocycles. The number of fused-ring (bicyclic) bond motifs is 10. The van der Waals surface area contributed by atoms with Crippen LogP contribution in [0.3, 0.4) is 0 Å². The number of hydrogen-bond donors (Lipinski definition) is 0. The normalized spacial score (nSPS) is 12.0. The lowest BCUT2D eigenvalue weighted by Gasteiger charge is -2.31. The SMILES string of the molecule is Cc1cccc(C)c1N(c1ccc2ccc3c(N(c4c(C)cccc4C)c4cccc5c4oc4c(-c6ccccc6)cc6ccccc6c45)ccc4ccc1c2c43)c1cccc2c1oc1c(-c3ccccc3)cc3ccccc3c12. The van der Waals surface area contributed by atoms with Crippen LogP contribution < -0.4 is 9.80 Å². The van der Waals surface area contributed by atoms with E-state index >= 15 is 0 Å². The molecule has 0 atom stereocenters. The Hall–Kier alpha value is -10.2. The second-order valence-electron chi connectivity index (χ2n) is 21.7. The molecule has 0 amide bonds. The van der Waals surface area contributed by atoms with Crippen molar-refractivity contribution in [3.63, 3.8) is 0 Å². The Bertz CT molecular complexity index is 4820. The van der Waals surface area contributed by atoms with Crippen LogP contribution in [0.4, 0.5) is 34.1 Å². The van der Waals surface area contributed by atoms with Gasteiger partial charge in [0.15, 0.2) is 11.2 Å². The first kappa shape index (κ1) is 46.0. The van der Waals surface area contributed by atoms with Crippen molar-refractivity contribution in [1.82, 2.24) is 0 Å². The lowest BCUT2D eigenvalue weighted by molar-refractivity contribution is 0.670. The van der Waals surface area contributed by atoms with E-state index in [0.717, 1.165) is 111 Å². The second kappa shape index (κ2) is 17.7. The summed E-state index contributed by atoms with van der Waals surface area (Å²) in [5.41, 5.74) is 19.0. The molecule has 4 heteroatoms. The molecule has 0 spiro atoms. The highest BCUT2D eigenvalue weighted by atomic mass is 16.3. The maximum atomic E-state index is 7.40. The molecule has 16 rings (SSSR count). The van der Waals surface area contributed by atoms with Gasteiger partial charge in [0.05, 0.1) is 34.1 Å². The minimum absolute atomic E-state index is 0.847. The van der Waals surface area contributed by atoms with Crippen LogP contribution in [0.2, 0.25) is 0 Å². The molecule has 0 aliphatic rings. The fraction of sp³-hybridized carbons (Fsp3) is 0.0526. The van der Waals surface area contributed by atoms with Gasteiger partial charge < -0.3 is 18.6 Å². The van der Waals surface area contributed by atoms with E-state index in [9.17, 15) is 0 Å². The Morgan fingerprint density at radius 3 is 1.04 bits per heavy atom. The Kier molecular flexibility index (Phi) is 10.2. The van der Waals surface area contributed by atoms with E-state index in [2.05, 4.69) is 280 Å². The standard InChI is InChI=1S/C76H52N2O2/c1-45-19-15-20-46(2)71(45)77(65-33-17-31-59-69-55-29-13-11-27-53(55)43-61(75(69)79-73(59)65)49-23-7-5-8-24-49)63-41-37-51-36-40-58-64(42-38-52-35-39-57(63)67(51)68(52)58)78(72-47(3)21-16-22-48(72)4)66-34-18-32-60-70-56-30-14-12-28-54(56)44-62(76(70)80-74(60)66)50-25-9-6-10-26-50/h5-44H,1-4H3. The van der Waals surface area contributed by atoms with Crippen molar-refractivity contribution in [2.45, 2.75) is 27.7 Å². The zero-order chi connectivity index (χ0) is 53.3. The van der Waals surface area contributed by atoms with Crippen molar-refractivity contribution < 1.29 is 8.83 Å². The summed E-state index contributed by atoms with van der Waals surface area (Å²) in [6, 6.07) is 88.5. The number of anilines is 6. The molecule has 2 aromatic heterocycles. The highest BCUT2D eigenvalue weighted by Gasteiger charge is 2.29. The summed E-state index contributed by atoms with van der Waals surface area (Å²) in [6.07, 6.45) is 0. The summed E-state index contributed by atoms with van der Waals surface area (Å²) in [4.78, 5) is 4.95. The summed E-state index contributed by atoms with van der Waals surface area (Å²) in [5.74, 6) is 0. The Balaban J connectivity index is 0.966. The molecule has 0 saturated carbocycles. The predicted molar refractivity (Wildman–Crippen MR) is 339 cm³/mol. The van der Waals surface area contributed by atoms with Gasteiger partial charge in [0.25, 0.3) is 0 Å². The lowest BCUT2D eigenvalue weighted by atomic mass is 9.91. The van der Waals surface area contributed by atoms with E-state index in [1.807, 2.05) is 0 Å². The highest BCUT2D eigenvalue weighted by molar-refractivity contribution is 6.30. The smallest absolute Gasteiger partial charge is 0.159 e. The molecule has 0 fully saturated rings. The van der Waals surface area contributed by atoms with Gasteiger partial charge in [-0.1, -0.05) is 206 Å². The van der Waals surface area contributed by atoms with Crippen molar-refractivity contribution in [3.05, 3.63) is 265 Å². The van der Waals surface area contributed by atoms with Crippen LogP contribution in [0.15, 0.2) is 251 Å². The monoisotopic (exact) mass is 1020 g/mol. The molecule has 80 heavy (non-hydrogen) atoms. The van der Waals surface area contributed by atoms with Gasteiger partial charge in [0.1, 0.15) is 11.2 Å². The fourth-order valence-electron chi connectivity index (χ4n) is 13.5.